The van der Waals surface area contributed by atoms with Gasteiger partial charge in [0.15, 0.2) is 0 Å². The lowest BCUT2D eigenvalue weighted by atomic mass is 10.3. The lowest BCUT2D eigenvalue weighted by Gasteiger charge is -2.00. The second kappa shape index (κ2) is 4.19. The molecule has 0 aliphatic carbocycles. The number of rotatable bonds is 3. The minimum absolute atomic E-state index is 0.577. The highest BCUT2D eigenvalue weighted by Gasteiger charge is 2.01. The highest BCUT2D eigenvalue weighted by molar-refractivity contribution is 7.13. The number of thiophene rings is 1. The summed E-state index contributed by atoms with van der Waals surface area (Å²) in [6, 6.07) is 7.78. The average molecular weight is 206 g/mol. The first-order valence-corrected chi connectivity index (χ1v) is 5.28. The molecule has 0 atom stereocenters. The smallest absolute Gasteiger partial charge is 0.233 e. The van der Waals surface area contributed by atoms with Crippen molar-refractivity contribution in [3.05, 3.63) is 29.6 Å². The van der Waals surface area contributed by atoms with Crippen LogP contribution < -0.4 is 4.74 Å². The summed E-state index contributed by atoms with van der Waals surface area (Å²) in [5.41, 5.74) is 0.892. The molecule has 3 nitrogen and oxygen atoms in total. The lowest BCUT2D eigenvalue weighted by molar-refractivity contribution is 0.323. The number of hydrogen-bond donors (Lipinski definition) is 0. The Morgan fingerprint density at radius 3 is 2.79 bits per heavy atom. The number of nitrogens with zero attached hydrogens (tertiary/aromatic N) is 2. The Bertz CT molecular complexity index is 383. The molecule has 2 heterocycles. The fourth-order valence-electron chi connectivity index (χ4n) is 1.10. The maximum atomic E-state index is 5.21. The Kier molecular flexibility index (Phi) is 2.74. The van der Waals surface area contributed by atoms with E-state index in [0.717, 1.165) is 10.6 Å². The summed E-state index contributed by atoms with van der Waals surface area (Å²) < 4.78 is 5.21. The van der Waals surface area contributed by atoms with E-state index in [1.54, 1.807) is 11.3 Å². The number of ether oxygens (including phenoxy) is 1. The van der Waals surface area contributed by atoms with Gasteiger partial charge in [-0.3, -0.25) is 0 Å². The Morgan fingerprint density at radius 2 is 2.21 bits per heavy atom. The van der Waals surface area contributed by atoms with Crippen LogP contribution in [0.2, 0.25) is 0 Å². The highest BCUT2D eigenvalue weighted by Crippen LogP contribution is 2.22. The molecule has 0 amide bonds. The van der Waals surface area contributed by atoms with Gasteiger partial charge < -0.3 is 4.74 Å². The van der Waals surface area contributed by atoms with Gasteiger partial charge in [-0.2, -0.15) is 0 Å². The first kappa shape index (κ1) is 9.15. The van der Waals surface area contributed by atoms with E-state index in [1.165, 1.54) is 0 Å². The van der Waals surface area contributed by atoms with Crippen molar-refractivity contribution in [2.75, 3.05) is 6.61 Å². The molecule has 2 aromatic heterocycles. The maximum absolute atomic E-state index is 5.21. The molecule has 2 aromatic rings. The van der Waals surface area contributed by atoms with Gasteiger partial charge in [0, 0.05) is 6.07 Å². The van der Waals surface area contributed by atoms with E-state index in [2.05, 4.69) is 10.2 Å². The van der Waals surface area contributed by atoms with Crippen LogP contribution in [0.25, 0.3) is 10.6 Å². The van der Waals surface area contributed by atoms with Gasteiger partial charge in [0.1, 0.15) is 5.69 Å². The molecule has 14 heavy (non-hydrogen) atoms. The minimum Gasteiger partial charge on any atom is -0.477 e. The molecule has 4 heteroatoms. The minimum atomic E-state index is 0.577. The molecule has 72 valence electrons. The summed E-state index contributed by atoms with van der Waals surface area (Å²) in [5.74, 6) is 0.577. The van der Waals surface area contributed by atoms with Crippen molar-refractivity contribution >= 4 is 11.3 Å². The normalized spacial score (nSPS) is 10.1. The van der Waals surface area contributed by atoms with Crippen molar-refractivity contribution in [1.29, 1.82) is 0 Å². The lowest BCUT2D eigenvalue weighted by Crippen LogP contribution is -1.95. The Hall–Kier alpha value is -1.42. The molecular weight excluding hydrogens is 196 g/mol. The van der Waals surface area contributed by atoms with E-state index in [9.17, 15) is 0 Å². The van der Waals surface area contributed by atoms with Gasteiger partial charge in [0.2, 0.25) is 5.88 Å². The third kappa shape index (κ3) is 1.90. The van der Waals surface area contributed by atoms with Gasteiger partial charge in [-0.15, -0.1) is 21.5 Å². The first-order chi connectivity index (χ1) is 6.90. The zero-order valence-electron chi connectivity index (χ0n) is 7.80. The molecule has 0 aromatic carbocycles. The summed E-state index contributed by atoms with van der Waals surface area (Å²) in [7, 11) is 0. The molecule has 0 N–H and O–H groups in total. The van der Waals surface area contributed by atoms with Gasteiger partial charge in [0.05, 0.1) is 11.5 Å². The third-order valence-corrected chi connectivity index (χ3v) is 2.60. The van der Waals surface area contributed by atoms with Crippen LogP contribution in [0.3, 0.4) is 0 Å². The molecule has 2 rings (SSSR count). The molecule has 0 aliphatic rings. The van der Waals surface area contributed by atoms with Crippen molar-refractivity contribution in [2.45, 2.75) is 6.92 Å². The van der Waals surface area contributed by atoms with E-state index in [4.69, 9.17) is 4.74 Å². The zero-order valence-corrected chi connectivity index (χ0v) is 8.62. The van der Waals surface area contributed by atoms with Gasteiger partial charge in [-0.25, -0.2) is 0 Å². The fraction of sp³-hybridized carbons (Fsp3) is 0.200. The predicted molar refractivity (Wildman–Crippen MR) is 56.5 cm³/mol. The molecule has 0 radical (unpaired) electrons. The van der Waals surface area contributed by atoms with E-state index >= 15 is 0 Å². The van der Waals surface area contributed by atoms with Crippen LogP contribution >= 0.6 is 11.3 Å². The van der Waals surface area contributed by atoms with Crippen LogP contribution in [0.1, 0.15) is 6.92 Å². The molecule has 0 bridgehead atoms. The second-order valence-corrected chi connectivity index (χ2v) is 3.61. The third-order valence-electron chi connectivity index (χ3n) is 1.71. The van der Waals surface area contributed by atoms with Gasteiger partial charge in [-0.05, 0) is 24.4 Å². The van der Waals surface area contributed by atoms with Gasteiger partial charge >= 0.3 is 0 Å². The standard InChI is InChI=1S/C10H10N2OS/c1-2-13-10-6-5-8(11-12-10)9-4-3-7-14-9/h3-7H,2H2,1H3. The van der Waals surface area contributed by atoms with Crippen molar-refractivity contribution in [3.63, 3.8) is 0 Å². The van der Waals surface area contributed by atoms with Crippen LogP contribution in [-0.4, -0.2) is 16.8 Å². The topological polar surface area (TPSA) is 35.0 Å². The number of aromatic nitrogens is 2. The second-order valence-electron chi connectivity index (χ2n) is 2.67. The summed E-state index contributed by atoms with van der Waals surface area (Å²) in [6.07, 6.45) is 0. The number of hydrogen-bond acceptors (Lipinski definition) is 4. The van der Waals surface area contributed by atoms with Gasteiger partial charge in [0.25, 0.3) is 0 Å². The van der Waals surface area contributed by atoms with E-state index in [-0.39, 0.29) is 0 Å². The molecule has 0 saturated heterocycles. The van der Waals surface area contributed by atoms with Crippen LogP contribution in [-0.2, 0) is 0 Å². The predicted octanol–water partition coefficient (Wildman–Crippen LogP) is 2.60. The van der Waals surface area contributed by atoms with Crippen LogP contribution in [0, 0.1) is 0 Å². The molecule has 0 unspecified atom stereocenters. The van der Waals surface area contributed by atoms with Crippen molar-refractivity contribution < 1.29 is 4.74 Å². The monoisotopic (exact) mass is 206 g/mol. The largest absolute Gasteiger partial charge is 0.477 e. The Balaban J connectivity index is 2.22. The fourth-order valence-corrected chi connectivity index (χ4v) is 1.79. The first-order valence-electron chi connectivity index (χ1n) is 4.40. The maximum Gasteiger partial charge on any atom is 0.233 e. The van der Waals surface area contributed by atoms with Crippen LogP contribution in [0.5, 0.6) is 5.88 Å². The quantitative estimate of drug-likeness (QED) is 0.774. The SMILES string of the molecule is CCOc1ccc(-c2cccs2)nn1. The Morgan fingerprint density at radius 1 is 1.29 bits per heavy atom. The van der Waals surface area contributed by atoms with Gasteiger partial charge in [-0.1, -0.05) is 6.07 Å². The molecule has 0 saturated carbocycles. The van der Waals surface area contributed by atoms with Crippen molar-refractivity contribution in [1.82, 2.24) is 10.2 Å². The van der Waals surface area contributed by atoms with Crippen molar-refractivity contribution in [2.24, 2.45) is 0 Å². The summed E-state index contributed by atoms with van der Waals surface area (Å²) in [6.45, 7) is 2.54. The molecule has 0 spiro atoms. The summed E-state index contributed by atoms with van der Waals surface area (Å²) >= 11 is 1.65. The van der Waals surface area contributed by atoms with E-state index in [1.807, 2.05) is 36.6 Å². The van der Waals surface area contributed by atoms with Crippen LogP contribution in [0.15, 0.2) is 29.6 Å². The zero-order chi connectivity index (χ0) is 9.80. The molecule has 0 aliphatic heterocycles. The van der Waals surface area contributed by atoms with E-state index < -0.39 is 0 Å². The van der Waals surface area contributed by atoms with Crippen molar-refractivity contribution in [3.8, 4) is 16.5 Å². The highest BCUT2D eigenvalue weighted by atomic mass is 32.1. The summed E-state index contributed by atoms with van der Waals surface area (Å²) in [4.78, 5) is 1.13. The Labute approximate surface area is 86.4 Å². The average Bonchev–Trinajstić information content (AvgIpc) is 2.72. The molecular formula is C10H10N2OS. The van der Waals surface area contributed by atoms with Crippen LogP contribution in [0.4, 0.5) is 0 Å². The summed E-state index contributed by atoms with van der Waals surface area (Å²) in [5, 5.41) is 10.1. The van der Waals surface area contributed by atoms with E-state index in [0.29, 0.717) is 12.5 Å². The molecule has 0 fully saturated rings.